The molecule has 1 N–H and O–H groups in total. The quantitative estimate of drug-likeness (QED) is 0.804. The van der Waals surface area contributed by atoms with Crippen LogP contribution in [0.5, 0.6) is 0 Å². The number of aromatic nitrogens is 4. The largest absolute Gasteiger partial charge is 0.350 e. The number of rotatable bonds is 4. The number of nitrogens with one attached hydrogen (secondary N) is 1. The van der Waals surface area contributed by atoms with Gasteiger partial charge in [-0.3, -0.25) is 14.8 Å². The first-order valence-corrected chi connectivity index (χ1v) is 7.33. The summed E-state index contributed by atoms with van der Waals surface area (Å²) in [6.45, 7) is 3.47. The van der Waals surface area contributed by atoms with Crippen molar-refractivity contribution in [2.45, 2.75) is 19.9 Å². The van der Waals surface area contributed by atoms with Gasteiger partial charge < -0.3 is 5.32 Å². The highest BCUT2D eigenvalue weighted by atomic mass is 16.1. The van der Waals surface area contributed by atoms with E-state index < -0.39 is 0 Å². The van der Waals surface area contributed by atoms with Gasteiger partial charge in [-0.05, 0) is 30.7 Å². The van der Waals surface area contributed by atoms with Gasteiger partial charge in [0.25, 0.3) is 0 Å². The van der Waals surface area contributed by atoms with Gasteiger partial charge in [-0.1, -0.05) is 12.1 Å². The van der Waals surface area contributed by atoms with Crippen LogP contribution in [0.1, 0.15) is 25.5 Å². The molecule has 0 radical (unpaired) electrons. The molecule has 0 saturated heterocycles. The number of hydrogen-bond donors (Lipinski definition) is 1. The summed E-state index contributed by atoms with van der Waals surface area (Å²) < 4.78 is 1.79. The number of nitrogens with zero attached hydrogens (tertiary/aromatic N) is 4. The third kappa shape index (κ3) is 3.42. The van der Waals surface area contributed by atoms with Crippen LogP contribution in [0.2, 0.25) is 0 Å². The van der Waals surface area contributed by atoms with Gasteiger partial charge in [-0.2, -0.15) is 5.10 Å². The van der Waals surface area contributed by atoms with Gasteiger partial charge in [0.15, 0.2) is 0 Å². The van der Waals surface area contributed by atoms with Gasteiger partial charge in [-0.15, -0.1) is 0 Å². The summed E-state index contributed by atoms with van der Waals surface area (Å²) in [6, 6.07) is 9.80. The molecule has 6 nitrogen and oxygen atoms in total. The van der Waals surface area contributed by atoms with E-state index in [0.717, 1.165) is 22.6 Å². The van der Waals surface area contributed by atoms with E-state index in [0.29, 0.717) is 0 Å². The van der Waals surface area contributed by atoms with E-state index in [1.54, 1.807) is 23.3 Å². The monoisotopic (exact) mass is 307 g/mol. The lowest BCUT2D eigenvalue weighted by Gasteiger charge is -2.13. The molecule has 0 bridgehead atoms. The fourth-order valence-electron chi connectivity index (χ4n) is 2.34. The molecule has 0 spiro atoms. The van der Waals surface area contributed by atoms with E-state index in [4.69, 9.17) is 0 Å². The Morgan fingerprint density at radius 3 is 2.57 bits per heavy atom. The van der Waals surface area contributed by atoms with Crippen LogP contribution in [-0.2, 0) is 4.79 Å². The maximum Gasteiger partial charge on any atom is 0.217 e. The van der Waals surface area contributed by atoms with Crippen molar-refractivity contribution in [3.63, 3.8) is 0 Å². The molecular formula is C17H17N5O. The van der Waals surface area contributed by atoms with Crippen molar-refractivity contribution in [1.82, 2.24) is 25.1 Å². The lowest BCUT2D eigenvalue weighted by Crippen LogP contribution is -2.23. The Bertz CT molecular complexity index is 795. The minimum Gasteiger partial charge on any atom is -0.350 e. The van der Waals surface area contributed by atoms with Crippen molar-refractivity contribution in [3.05, 3.63) is 60.7 Å². The highest BCUT2D eigenvalue weighted by molar-refractivity contribution is 5.73. The van der Waals surface area contributed by atoms with Gasteiger partial charge in [0, 0.05) is 25.5 Å². The zero-order valence-electron chi connectivity index (χ0n) is 13.0. The summed E-state index contributed by atoms with van der Waals surface area (Å²) in [5.74, 6) is -0.0396. The topological polar surface area (TPSA) is 72.7 Å². The van der Waals surface area contributed by atoms with Crippen LogP contribution in [0.25, 0.3) is 17.1 Å². The molecule has 0 aliphatic carbocycles. The van der Waals surface area contributed by atoms with Gasteiger partial charge in [0.1, 0.15) is 11.4 Å². The van der Waals surface area contributed by atoms with Crippen molar-refractivity contribution in [3.8, 4) is 17.1 Å². The first-order valence-electron chi connectivity index (χ1n) is 7.33. The fraction of sp³-hybridized carbons (Fsp3) is 0.176. The molecule has 0 unspecified atom stereocenters. The van der Waals surface area contributed by atoms with Crippen LogP contribution in [0.3, 0.4) is 0 Å². The number of amides is 1. The van der Waals surface area contributed by atoms with Crippen LogP contribution >= 0.6 is 0 Å². The Morgan fingerprint density at radius 1 is 1.13 bits per heavy atom. The highest BCUT2D eigenvalue weighted by Gasteiger charge is 2.08. The third-order valence-electron chi connectivity index (χ3n) is 3.49. The predicted octanol–water partition coefficient (Wildman–Crippen LogP) is 2.53. The van der Waals surface area contributed by atoms with E-state index in [2.05, 4.69) is 20.4 Å². The number of benzene rings is 1. The standard InChI is InChI=1S/C17H17N5O/c1-12(20-13(2)23)14-3-5-15(6-4-14)22-10-7-16(21-22)17-11-18-8-9-19-17/h3-12H,1-2H3,(H,20,23)/t12-/m1/s1. The summed E-state index contributed by atoms with van der Waals surface area (Å²) in [5.41, 5.74) is 3.50. The zero-order valence-corrected chi connectivity index (χ0v) is 13.0. The SMILES string of the molecule is CC(=O)N[C@H](C)c1ccc(-n2ccc(-c3cnccn3)n2)cc1. The zero-order chi connectivity index (χ0) is 16.2. The second kappa shape index (κ2) is 6.39. The second-order valence-electron chi connectivity index (χ2n) is 5.25. The van der Waals surface area contributed by atoms with Crippen LogP contribution < -0.4 is 5.32 Å². The minimum absolute atomic E-state index is 0.0191. The van der Waals surface area contributed by atoms with Crippen molar-refractivity contribution >= 4 is 5.91 Å². The maximum atomic E-state index is 11.1. The molecule has 2 heterocycles. The lowest BCUT2D eigenvalue weighted by atomic mass is 10.1. The molecule has 0 saturated carbocycles. The summed E-state index contributed by atoms with van der Waals surface area (Å²) in [6.07, 6.45) is 6.85. The first kappa shape index (κ1) is 14.9. The molecule has 3 rings (SSSR count). The Kier molecular flexibility index (Phi) is 4.14. The van der Waals surface area contributed by atoms with E-state index >= 15 is 0 Å². The molecule has 23 heavy (non-hydrogen) atoms. The Balaban J connectivity index is 1.80. The Morgan fingerprint density at radius 2 is 1.91 bits per heavy atom. The first-order chi connectivity index (χ1) is 11.1. The minimum atomic E-state index is -0.0396. The molecule has 0 aliphatic heterocycles. The summed E-state index contributed by atoms with van der Waals surface area (Å²) >= 11 is 0. The predicted molar refractivity (Wildman–Crippen MR) is 86.8 cm³/mol. The van der Waals surface area contributed by atoms with Crippen molar-refractivity contribution in [1.29, 1.82) is 0 Å². The summed E-state index contributed by atoms with van der Waals surface area (Å²) in [4.78, 5) is 19.4. The van der Waals surface area contributed by atoms with Crippen LogP contribution in [0.4, 0.5) is 0 Å². The molecule has 1 atom stereocenters. The average molecular weight is 307 g/mol. The average Bonchev–Trinajstić information content (AvgIpc) is 3.05. The van der Waals surface area contributed by atoms with Crippen molar-refractivity contribution in [2.75, 3.05) is 0 Å². The normalized spacial score (nSPS) is 11.9. The van der Waals surface area contributed by atoms with Gasteiger partial charge in [-0.25, -0.2) is 4.68 Å². The smallest absolute Gasteiger partial charge is 0.217 e. The molecule has 1 amide bonds. The Hall–Kier alpha value is -3.02. The molecular weight excluding hydrogens is 290 g/mol. The molecule has 3 aromatic rings. The van der Waals surface area contributed by atoms with E-state index in [9.17, 15) is 4.79 Å². The summed E-state index contributed by atoms with van der Waals surface area (Å²) in [7, 11) is 0. The summed E-state index contributed by atoms with van der Waals surface area (Å²) in [5, 5.41) is 7.39. The number of carbonyl (C=O) groups excluding carboxylic acids is 1. The van der Waals surface area contributed by atoms with E-state index in [-0.39, 0.29) is 11.9 Å². The molecule has 0 fully saturated rings. The third-order valence-corrected chi connectivity index (χ3v) is 3.49. The lowest BCUT2D eigenvalue weighted by molar-refractivity contribution is -0.119. The number of carbonyl (C=O) groups is 1. The molecule has 2 aromatic heterocycles. The highest BCUT2D eigenvalue weighted by Crippen LogP contribution is 2.18. The van der Waals surface area contributed by atoms with Crippen LogP contribution in [-0.4, -0.2) is 25.7 Å². The van der Waals surface area contributed by atoms with Crippen LogP contribution in [0, 0.1) is 0 Å². The van der Waals surface area contributed by atoms with Crippen molar-refractivity contribution in [2.24, 2.45) is 0 Å². The maximum absolute atomic E-state index is 11.1. The van der Waals surface area contributed by atoms with Crippen LogP contribution in [0.15, 0.2) is 55.1 Å². The van der Waals surface area contributed by atoms with E-state index in [1.165, 1.54) is 6.92 Å². The van der Waals surface area contributed by atoms with Gasteiger partial charge in [0.2, 0.25) is 5.91 Å². The van der Waals surface area contributed by atoms with Crippen molar-refractivity contribution < 1.29 is 4.79 Å². The molecule has 0 aliphatic rings. The second-order valence-corrected chi connectivity index (χ2v) is 5.25. The molecule has 6 heteroatoms. The van der Waals surface area contributed by atoms with Gasteiger partial charge >= 0.3 is 0 Å². The number of hydrogen-bond acceptors (Lipinski definition) is 4. The van der Waals surface area contributed by atoms with E-state index in [1.807, 2.05) is 43.5 Å². The molecule has 1 aromatic carbocycles. The van der Waals surface area contributed by atoms with Gasteiger partial charge in [0.05, 0.1) is 17.9 Å². The Labute approximate surface area is 134 Å². The fourth-order valence-corrected chi connectivity index (χ4v) is 2.34. The molecule has 116 valence electrons.